The first-order valence-electron chi connectivity index (χ1n) is 15.4. The molecule has 0 spiro atoms. The molecule has 0 aliphatic heterocycles. The third kappa shape index (κ3) is 5.98. The Morgan fingerprint density at radius 1 is 0.447 bits per heavy atom. The van der Waals surface area contributed by atoms with E-state index in [1.165, 1.54) is 21.9 Å². The Balaban J connectivity index is 0.000000161. The van der Waals surface area contributed by atoms with Gasteiger partial charge in [-0.25, -0.2) is 4.98 Å². The van der Waals surface area contributed by atoms with E-state index in [9.17, 15) is 0 Å². The zero-order valence-corrected chi connectivity index (χ0v) is 25.6. The lowest BCUT2D eigenvalue weighted by Crippen LogP contribution is -2.10. The number of hydrogen-bond donors (Lipinski definition) is 3. The van der Waals surface area contributed by atoms with Crippen LogP contribution in [0.5, 0.6) is 0 Å². The highest BCUT2D eigenvalue weighted by atomic mass is 14.8. The minimum absolute atomic E-state index is 0.248. The summed E-state index contributed by atoms with van der Waals surface area (Å²) in [5, 5.41) is 20.7. The molecule has 0 amide bonds. The molecule has 1 aliphatic carbocycles. The van der Waals surface area contributed by atoms with Crippen LogP contribution in [0.25, 0.3) is 60.9 Å². The Labute approximate surface area is 273 Å². The molecule has 0 saturated carbocycles. The molecule has 224 valence electrons. The van der Waals surface area contributed by atoms with Crippen molar-refractivity contribution >= 4 is 44.2 Å². The van der Waals surface area contributed by atoms with E-state index in [0.717, 1.165) is 50.2 Å². The van der Waals surface area contributed by atoms with Crippen LogP contribution in [0.2, 0.25) is 0 Å². The lowest BCUT2D eigenvalue weighted by molar-refractivity contribution is 1.25. The minimum atomic E-state index is 0.248. The molecule has 0 saturated heterocycles. The van der Waals surface area contributed by atoms with E-state index in [4.69, 9.17) is 16.6 Å². The summed E-state index contributed by atoms with van der Waals surface area (Å²) < 4.78 is 0. The zero-order valence-electron chi connectivity index (χ0n) is 25.6. The number of nitrogens with one attached hydrogen (secondary N) is 2. The highest BCUT2D eigenvalue weighted by molar-refractivity contribution is 6.50. The summed E-state index contributed by atoms with van der Waals surface area (Å²) in [6, 6.07) is 46.9. The van der Waals surface area contributed by atoms with Gasteiger partial charge in [0.15, 0.2) is 0 Å². The van der Waals surface area contributed by atoms with Crippen molar-refractivity contribution in [3.05, 3.63) is 170 Å². The molecular weight excluding hydrogens is 574 g/mol. The summed E-state index contributed by atoms with van der Waals surface area (Å²) in [5.74, 6) is 0. The van der Waals surface area contributed by atoms with Crippen molar-refractivity contribution in [2.75, 3.05) is 5.73 Å². The number of hydrogen-bond acceptors (Lipinski definition) is 5. The lowest BCUT2D eigenvalue weighted by atomic mass is 9.84. The molecule has 2 heterocycles. The predicted molar refractivity (Wildman–Crippen MR) is 197 cm³/mol. The zero-order chi connectivity index (χ0) is 32.2. The number of nitrogens with two attached hydrogens (primary N) is 1. The van der Waals surface area contributed by atoms with Gasteiger partial charge in [0.1, 0.15) is 0 Å². The normalized spacial score (nSPS) is 12.5. The molecule has 5 heteroatoms. The molecule has 7 aromatic rings. The maximum absolute atomic E-state index is 8.12. The molecule has 2 aromatic heterocycles. The fraction of sp³-hybridized carbons (Fsp3) is 0. The number of rotatable bonds is 4. The quantitative estimate of drug-likeness (QED) is 0.106. The third-order valence-electron chi connectivity index (χ3n) is 8.19. The van der Waals surface area contributed by atoms with E-state index in [2.05, 4.69) is 82.8 Å². The Hall–Kier alpha value is -6.46. The van der Waals surface area contributed by atoms with Gasteiger partial charge in [-0.3, -0.25) is 15.8 Å². The number of fused-ring (bicyclic) bond motifs is 2. The molecule has 5 aromatic carbocycles. The minimum Gasteiger partial charge on any atom is -0.399 e. The maximum Gasteiger partial charge on any atom is 0.0893 e. The number of pyridine rings is 2. The Bertz CT molecular complexity index is 2260. The van der Waals surface area contributed by atoms with Gasteiger partial charge in [-0.1, -0.05) is 109 Å². The largest absolute Gasteiger partial charge is 0.399 e. The Morgan fingerprint density at radius 3 is 1.64 bits per heavy atom. The fourth-order valence-corrected chi connectivity index (χ4v) is 5.96. The molecule has 0 fully saturated rings. The van der Waals surface area contributed by atoms with Crippen LogP contribution in [0.3, 0.4) is 0 Å². The number of aromatic nitrogens is 2. The van der Waals surface area contributed by atoms with Gasteiger partial charge in [-0.05, 0) is 92.4 Å². The van der Waals surface area contributed by atoms with Crippen molar-refractivity contribution in [2.24, 2.45) is 0 Å². The van der Waals surface area contributed by atoms with Crippen LogP contribution < -0.4 is 5.73 Å². The Kier molecular flexibility index (Phi) is 8.02. The molecule has 47 heavy (non-hydrogen) atoms. The summed E-state index contributed by atoms with van der Waals surface area (Å²) >= 11 is 0. The summed E-state index contributed by atoms with van der Waals surface area (Å²) in [6.45, 7) is 0. The summed E-state index contributed by atoms with van der Waals surface area (Å²) in [4.78, 5) is 8.95. The third-order valence-corrected chi connectivity index (χ3v) is 8.19. The van der Waals surface area contributed by atoms with E-state index < -0.39 is 0 Å². The van der Waals surface area contributed by atoms with Crippen molar-refractivity contribution in [3.63, 3.8) is 0 Å². The molecule has 0 unspecified atom stereocenters. The molecule has 4 N–H and O–H groups in total. The lowest BCUT2D eigenvalue weighted by Gasteiger charge is -2.19. The fourth-order valence-electron chi connectivity index (χ4n) is 5.96. The van der Waals surface area contributed by atoms with Gasteiger partial charge in [0.25, 0.3) is 0 Å². The average Bonchev–Trinajstić information content (AvgIpc) is 3.13. The Morgan fingerprint density at radius 2 is 1.02 bits per heavy atom. The summed E-state index contributed by atoms with van der Waals surface area (Å²) in [5.41, 5.74) is 15.2. The highest BCUT2D eigenvalue weighted by Gasteiger charge is 2.18. The number of nitrogens with zero attached hydrogens (tertiary/aromatic N) is 2. The molecule has 1 aliphatic rings. The molecule has 0 atom stereocenters. The molecular formula is C42H31N5. The first-order chi connectivity index (χ1) is 23.1. The monoisotopic (exact) mass is 605 g/mol. The van der Waals surface area contributed by atoms with E-state index in [1.807, 2.05) is 72.8 Å². The summed E-state index contributed by atoms with van der Waals surface area (Å²) in [6.07, 6.45) is 7.24. The van der Waals surface area contributed by atoms with Gasteiger partial charge >= 0.3 is 0 Å². The SMILES string of the molecule is N=C1C=CC(c2c3ccccc3c(-c3ccccc3)c3ccccc23)=CC1=N.Nc1ccc(-c2cccc(-c3ccccn3)n2)cc1. The van der Waals surface area contributed by atoms with Crippen molar-refractivity contribution in [1.82, 2.24) is 9.97 Å². The average molecular weight is 606 g/mol. The molecule has 0 radical (unpaired) electrons. The first-order valence-corrected chi connectivity index (χ1v) is 15.4. The molecule has 5 nitrogen and oxygen atoms in total. The van der Waals surface area contributed by atoms with E-state index in [-0.39, 0.29) is 11.4 Å². The van der Waals surface area contributed by atoms with Crippen LogP contribution in [-0.2, 0) is 0 Å². The smallest absolute Gasteiger partial charge is 0.0893 e. The predicted octanol–water partition coefficient (Wildman–Crippen LogP) is 10.0. The number of allylic oxidation sites excluding steroid dienone is 4. The summed E-state index contributed by atoms with van der Waals surface area (Å²) in [7, 11) is 0. The van der Waals surface area contributed by atoms with Crippen LogP contribution >= 0.6 is 0 Å². The van der Waals surface area contributed by atoms with E-state index >= 15 is 0 Å². The molecule has 8 rings (SSSR count). The van der Waals surface area contributed by atoms with Crippen LogP contribution in [0.4, 0.5) is 5.69 Å². The highest BCUT2D eigenvalue weighted by Crippen LogP contribution is 2.42. The van der Waals surface area contributed by atoms with E-state index in [0.29, 0.717) is 0 Å². The van der Waals surface area contributed by atoms with Crippen molar-refractivity contribution in [3.8, 4) is 33.8 Å². The first kappa shape index (κ1) is 29.3. The molecule has 0 bridgehead atoms. The second-order valence-corrected chi connectivity index (χ2v) is 11.2. The van der Waals surface area contributed by atoms with Crippen molar-refractivity contribution in [1.29, 1.82) is 10.8 Å². The van der Waals surface area contributed by atoms with Crippen LogP contribution in [0.1, 0.15) is 5.56 Å². The van der Waals surface area contributed by atoms with Gasteiger partial charge in [-0.15, -0.1) is 0 Å². The van der Waals surface area contributed by atoms with Gasteiger partial charge in [0.05, 0.1) is 28.5 Å². The van der Waals surface area contributed by atoms with Crippen LogP contribution in [0, 0.1) is 10.8 Å². The standard InChI is InChI=1S/C26H18N2.C16H13N3/c27-23-15-14-18(16-24(23)28)26-21-12-6-4-10-19(21)25(17-8-2-1-3-9-17)20-11-5-7-13-22(20)26;17-13-9-7-12(8-10-13)14-5-3-6-16(19-14)15-4-1-2-11-18-15/h1-16,27-28H;1-11H,17H2. The van der Waals surface area contributed by atoms with Crippen LogP contribution in [-0.4, -0.2) is 21.4 Å². The number of benzene rings is 5. The second-order valence-electron chi connectivity index (χ2n) is 11.2. The van der Waals surface area contributed by atoms with Gasteiger partial charge in [0.2, 0.25) is 0 Å². The van der Waals surface area contributed by atoms with E-state index in [1.54, 1.807) is 18.3 Å². The van der Waals surface area contributed by atoms with Crippen molar-refractivity contribution < 1.29 is 0 Å². The van der Waals surface area contributed by atoms with Gasteiger partial charge in [-0.2, -0.15) is 0 Å². The topological polar surface area (TPSA) is 99.5 Å². The number of nitrogen functional groups attached to an aromatic ring is 1. The van der Waals surface area contributed by atoms with Gasteiger partial charge in [0, 0.05) is 17.4 Å². The van der Waals surface area contributed by atoms with Crippen molar-refractivity contribution in [2.45, 2.75) is 0 Å². The van der Waals surface area contributed by atoms with Gasteiger partial charge < -0.3 is 5.73 Å². The number of anilines is 1. The second kappa shape index (κ2) is 12.9. The maximum atomic E-state index is 8.12. The van der Waals surface area contributed by atoms with Crippen LogP contribution in [0.15, 0.2) is 164 Å².